The summed E-state index contributed by atoms with van der Waals surface area (Å²) in [5, 5.41) is 3.40. The summed E-state index contributed by atoms with van der Waals surface area (Å²) in [5.74, 6) is -0.168. The second-order valence-corrected chi connectivity index (χ2v) is 5.59. The molecular formula is C20H16ClNO. The highest BCUT2D eigenvalue weighted by molar-refractivity contribution is 6.33. The fraction of sp³-hybridized carbons (Fsp3) is 0.0500. The van der Waals surface area contributed by atoms with Crippen LogP contribution in [0.25, 0.3) is 11.1 Å². The van der Waals surface area contributed by atoms with Gasteiger partial charge in [0, 0.05) is 6.54 Å². The van der Waals surface area contributed by atoms with Gasteiger partial charge in [-0.05, 0) is 28.8 Å². The highest BCUT2D eigenvalue weighted by atomic mass is 35.5. The van der Waals surface area contributed by atoms with Gasteiger partial charge < -0.3 is 5.32 Å². The van der Waals surface area contributed by atoms with E-state index in [0.29, 0.717) is 17.1 Å². The van der Waals surface area contributed by atoms with Gasteiger partial charge in [0.05, 0.1) is 10.6 Å². The fourth-order valence-electron chi connectivity index (χ4n) is 2.49. The molecular weight excluding hydrogens is 306 g/mol. The van der Waals surface area contributed by atoms with E-state index < -0.39 is 0 Å². The molecule has 0 fully saturated rings. The van der Waals surface area contributed by atoms with Crippen LogP contribution in [0.5, 0.6) is 0 Å². The predicted octanol–water partition coefficient (Wildman–Crippen LogP) is 4.94. The largest absolute Gasteiger partial charge is 0.348 e. The average molecular weight is 322 g/mol. The summed E-state index contributed by atoms with van der Waals surface area (Å²) in [7, 11) is 0. The maximum absolute atomic E-state index is 12.3. The molecule has 3 rings (SSSR count). The van der Waals surface area contributed by atoms with Crippen LogP contribution in [0.1, 0.15) is 15.9 Å². The molecule has 0 heterocycles. The molecule has 0 aliphatic carbocycles. The second-order valence-electron chi connectivity index (χ2n) is 5.19. The molecule has 0 atom stereocenters. The molecule has 3 aromatic carbocycles. The maximum Gasteiger partial charge on any atom is 0.253 e. The number of hydrogen-bond donors (Lipinski definition) is 1. The summed E-state index contributed by atoms with van der Waals surface area (Å²) in [6, 6.07) is 25.3. The van der Waals surface area contributed by atoms with Gasteiger partial charge >= 0.3 is 0 Å². The first-order chi connectivity index (χ1) is 11.3. The Bertz CT molecular complexity index is 815. The van der Waals surface area contributed by atoms with Gasteiger partial charge in [0.1, 0.15) is 0 Å². The van der Waals surface area contributed by atoms with Crippen molar-refractivity contribution in [3.05, 3.63) is 95.0 Å². The molecule has 2 nitrogen and oxygen atoms in total. The Hall–Kier alpha value is -2.58. The van der Waals surface area contributed by atoms with E-state index in [1.807, 2.05) is 42.5 Å². The number of rotatable bonds is 4. The van der Waals surface area contributed by atoms with Gasteiger partial charge in [-0.3, -0.25) is 4.79 Å². The molecule has 0 radical (unpaired) electrons. The monoisotopic (exact) mass is 321 g/mol. The number of hydrogen-bond acceptors (Lipinski definition) is 1. The molecule has 1 amide bonds. The van der Waals surface area contributed by atoms with Crippen molar-refractivity contribution in [2.24, 2.45) is 0 Å². The second kappa shape index (κ2) is 7.12. The lowest BCUT2D eigenvalue weighted by Crippen LogP contribution is -2.23. The summed E-state index contributed by atoms with van der Waals surface area (Å²) >= 11 is 6.07. The highest BCUT2D eigenvalue weighted by Gasteiger charge is 2.10. The van der Waals surface area contributed by atoms with Crippen molar-refractivity contribution in [3.63, 3.8) is 0 Å². The minimum absolute atomic E-state index is 0.168. The Morgan fingerprint density at radius 3 is 2.26 bits per heavy atom. The number of carbonyl (C=O) groups excluding carboxylic acids is 1. The van der Waals surface area contributed by atoms with Crippen molar-refractivity contribution in [3.8, 4) is 11.1 Å². The molecule has 114 valence electrons. The summed E-state index contributed by atoms with van der Waals surface area (Å²) < 4.78 is 0. The quantitative estimate of drug-likeness (QED) is 0.724. The SMILES string of the molecule is O=C(NCc1ccccc1-c1ccccc1)c1ccccc1Cl. The molecule has 1 N–H and O–H groups in total. The molecule has 0 unspecified atom stereocenters. The molecule has 3 aromatic rings. The molecule has 3 heteroatoms. The van der Waals surface area contributed by atoms with Gasteiger partial charge in [0.2, 0.25) is 0 Å². The van der Waals surface area contributed by atoms with Crippen LogP contribution in [0.3, 0.4) is 0 Å². The van der Waals surface area contributed by atoms with Crippen LogP contribution >= 0.6 is 11.6 Å². The zero-order valence-electron chi connectivity index (χ0n) is 12.5. The number of amides is 1. The zero-order valence-corrected chi connectivity index (χ0v) is 13.3. The number of halogens is 1. The normalized spacial score (nSPS) is 10.3. The summed E-state index contributed by atoms with van der Waals surface area (Å²) in [6.45, 7) is 0.453. The average Bonchev–Trinajstić information content (AvgIpc) is 2.61. The molecule has 0 aliphatic rings. The van der Waals surface area contributed by atoms with Gasteiger partial charge in [0.15, 0.2) is 0 Å². The van der Waals surface area contributed by atoms with Gasteiger partial charge in [-0.15, -0.1) is 0 Å². The van der Waals surface area contributed by atoms with Crippen molar-refractivity contribution in [1.82, 2.24) is 5.32 Å². The highest BCUT2D eigenvalue weighted by Crippen LogP contribution is 2.23. The molecule has 23 heavy (non-hydrogen) atoms. The lowest BCUT2D eigenvalue weighted by Gasteiger charge is -2.11. The number of benzene rings is 3. The van der Waals surface area contributed by atoms with Crippen molar-refractivity contribution in [2.45, 2.75) is 6.54 Å². The van der Waals surface area contributed by atoms with Gasteiger partial charge in [0.25, 0.3) is 5.91 Å². The van der Waals surface area contributed by atoms with Gasteiger partial charge in [-0.25, -0.2) is 0 Å². The smallest absolute Gasteiger partial charge is 0.253 e. The topological polar surface area (TPSA) is 29.1 Å². The van der Waals surface area contributed by atoms with Crippen LogP contribution < -0.4 is 5.32 Å². The van der Waals surface area contributed by atoms with Crippen molar-refractivity contribution in [2.75, 3.05) is 0 Å². The van der Waals surface area contributed by atoms with Crippen LogP contribution in [0.15, 0.2) is 78.9 Å². The molecule has 0 saturated heterocycles. The van der Waals surface area contributed by atoms with Gasteiger partial charge in [-0.2, -0.15) is 0 Å². The van der Waals surface area contributed by atoms with E-state index in [2.05, 4.69) is 23.5 Å². The summed E-state index contributed by atoms with van der Waals surface area (Å²) in [6.07, 6.45) is 0. The van der Waals surface area contributed by atoms with Crippen molar-refractivity contribution in [1.29, 1.82) is 0 Å². The number of nitrogens with one attached hydrogen (secondary N) is 1. The van der Waals surface area contributed by atoms with E-state index >= 15 is 0 Å². The summed E-state index contributed by atoms with van der Waals surface area (Å²) in [5.41, 5.74) is 3.81. The minimum Gasteiger partial charge on any atom is -0.348 e. The lowest BCUT2D eigenvalue weighted by molar-refractivity contribution is 0.0951. The standard InChI is InChI=1S/C20H16ClNO/c21-19-13-7-6-12-18(19)20(23)22-14-16-10-4-5-11-17(16)15-8-2-1-3-9-15/h1-13H,14H2,(H,22,23). The van der Waals surface area contributed by atoms with Gasteiger partial charge in [-0.1, -0.05) is 78.3 Å². The van der Waals surface area contributed by atoms with Crippen LogP contribution in [-0.4, -0.2) is 5.91 Å². The third kappa shape index (κ3) is 3.61. The lowest BCUT2D eigenvalue weighted by atomic mass is 10.00. The zero-order chi connectivity index (χ0) is 16.1. The van der Waals surface area contributed by atoms with E-state index in [9.17, 15) is 4.79 Å². The van der Waals surface area contributed by atoms with Crippen molar-refractivity contribution < 1.29 is 4.79 Å². The summed E-state index contributed by atoms with van der Waals surface area (Å²) in [4.78, 5) is 12.3. The molecule has 0 bridgehead atoms. The van der Waals surface area contributed by atoms with E-state index in [0.717, 1.165) is 16.7 Å². The maximum atomic E-state index is 12.3. The van der Waals surface area contributed by atoms with Crippen LogP contribution in [-0.2, 0) is 6.54 Å². The Balaban J connectivity index is 1.79. The first kappa shape index (κ1) is 15.3. The number of carbonyl (C=O) groups is 1. The Labute approximate surface area is 140 Å². The minimum atomic E-state index is -0.168. The Morgan fingerprint density at radius 1 is 0.826 bits per heavy atom. The Morgan fingerprint density at radius 2 is 1.48 bits per heavy atom. The Kier molecular flexibility index (Phi) is 4.74. The third-order valence-corrected chi connectivity index (χ3v) is 3.99. The van der Waals surface area contributed by atoms with Crippen LogP contribution in [0.4, 0.5) is 0 Å². The molecule has 0 aromatic heterocycles. The van der Waals surface area contributed by atoms with E-state index in [4.69, 9.17) is 11.6 Å². The van der Waals surface area contributed by atoms with E-state index in [1.54, 1.807) is 18.2 Å². The van der Waals surface area contributed by atoms with E-state index in [1.165, 1.54) is 0 Å². The predicted molar refractivity (Wildman–Crippen MR) is 94.5 cm³/mol. The molecule has 0 saturated carbocycles. The third-order valence-electron chi connectivity index (χ3n) is 3.66. The van der Waals surface area contributed by atoms with E-state index in [-0.39, 0.29) is 5.91 Å². The molecule has 0 aliphatic heterocycles. The van der Waals surface area contributed by atoms with Crippen LogP contribution in [0.2, 0.25) is 5.02 Å². The van der Waals surface area contributed by atoms with Crippen LogP contribution in [0, 0.1) is 0 Å². The first-order valence-electron chi connectivity index (χ1n) is 7.42. The van der Waals surface area contributed by atoms with Crippen molar-refractivity contribution >= 4 is 17.5 Å². The first-order valence-corrected chi connectivity index (χ1v) is 7.79. The fourth-order valence-corrected chi connectivity index (χ4v) is 2.71. The molecule has 0 spiro atoms.